The molecule has 0 fully saturated rings. The zero-order chi connectivity index (χ0) is 18.0. The van der Waals surface area contributed by atoms with Gasteiger partial charge in [0.05, 0.1) is 0 Å². The second-order valence-corrected chi connectivity index (χ2v) is 7.03. The maximum Gasteiger partial charge on any atom is 0.326 e. The summed E-state index contributed by atoms with van der Waals surface area (Å²) in [6, 6.07) is 1.63. The van der Waals surface area contributed by atoms with Crippen LogP contribution in [0.3, 0.4) is 0 Å². The lowest BCUT2D eigenvalue weighted by Gasteiger charge is -2.36. The molecule has 1 aliphatic heterocycles. The van der Waals surface area contributed by atoms with Crippen molar-refractivity contribution in [3.05, 3.63) is 23.3 Å². The maximum absolute atomic E-state index is 12.6. The van der Waals surface area contributed by atoms with Crippen molar-refractivity contribution < 1.29 is 29.7 Å². The summed E-state index contributed by atoms with van der Waals surface area (Å²) in [6.07, 6.45) is 0.0524. The molecule has 0 aliphatic carbocycles. The second kappa shape index (κ2) is 7.12. The minimum Gasteiger partial charge on any atom is -0.504 e. The van der Waals surface area contributed by atoms with Crippen molar-refractivity contribution in [3.63, 3.8) is 0 Å². The number of carboxylic acid groups (broad SMARTS) is 1. The van der Waals surface area contributed by atoms with Gasteiger partial charge in [0.2, 0.25) is 5.91 Å². The number of hydrogen-bond donors (Lipinski definition) is 3. The third-order valence-corrected chi connectivity index (χ3v) is 5.03. The van der Waals surface area contributed by atoms with Crippen LogP contribution >= 0.6 is 11.8 Å². The third-order valence-electron chi connectivity index (χ3n) is 3.95. The number of carbonyl (C=O) groups excluding carboxylic acids is 2. The van der Waals surface area contributed by atoms with E-state index < -0.39 is 17.9 Å². The summed E-state index contributed by atoms with van der Waals surface area (Å²) in [4.78, 5) is 36.5. The first-order valence-electron chi connectivity index (χ1n) is 7.41. The molecule has 0 spiro atoms. The van der Waals surface area contributed by atoms with Crippen molar-refractivity contribution in [2.75, 3.05) is 5.75 Å². The molecule has 0 bridgehead atoms. The highest BCUT2D eigenvalue weighted by atomic mass is 32.2. The molecule has 1 aliphatic rings. The van der Waals surface area contributed by atoms with Crippen molar-refractivity contribution >= 4 is 28.8 Å². The van der Waals surface area contributed by atoms with E-state index in [1.54, 1.807) is 6.92 Å². The third kappa shape index (κ3) is 3.81. The van der Waals surface area contributed by atoms with Crippen LogP contribution < -0.4 is 0 Å². The molecule has 1 aromatic rings. The molecule has 1 aromatic carbocycles. The summed E-state index contributed by atoms with van der Waals surface area (Å²) in [6.45, 7) is 3.10. The average molecular weight is 353 g/mol. The second-order valence-electron chi connectivity index (χ2n) is 5.84. The monoisotopic (exact) mass is 353 g/mol. The molecular formula is C16H19NO6S. The number of aliphatic carboxylic acids is 1. The number of amides is 1. The van der Waals surface area contributed by atoms with Crippen LogP contribution in [0.1, 0.15) is 25.0 Å². The highest BCUT2D eigenvalue weighted by Gasteiger charge is 2.36. The van der Waals surface area contributed by atoms with E-state index in [2.05, 4.69) is 0 Å². The molecule has 3 N–H and O–H groups in total. The molecule has 0 aromatic heterocycles. The fraction of sp³-hybridized carbons (Fsp3) is 0.438. The summed E-state index contributed by atoms with van der Waals surface area (Å²) in [5.41, 5.74) is 1.19. The maximum atomic E-state index is 12.6. The fourth-order valence-corrected chi connectivity index (χ4v) is 3.29. The van der Waals surface area contributed by atoms with Crippen molar-refractivity contribution in [1.29, 1.82) is 0 Å². The van der Waals surface area contributed by atoms with Crippen LogP contribution in [-0.2, 0) is 27.3 Å². The van der Waals surface area contributed by atoms with Gasteiger partial charge in [-0.05, 0) is 23.3 Å². The number of aromatic hydroxyl groups is 2. The van der Waals surface area contributed by atoms with E-state index in [0.717, 1.165) is 11.8 Å². The first-order valence-corrected chi connectivity index (χ1v) is 8.39. The fourth-order valence-electron chi connectivity index (χ4n) is 2.66. The molecule has 24 heavy (non-hydrogen) atoms. The molecule has 1 unspecified atom stereocenters. The highest BCUT2D eigenvalue weighted by molar-refractivity contribution is 8.13. The molecule has 130 valence electrons. The summed E-state index contributed by atoms with van der Waals surface area (Å²) < 4.78 is 0. The zero-order valence-corrected chi connectivity index (χ0v) is 14.2. The minimum atomic E-state index is -1.13. The number of nitrogens with zero attached hydrogens (tertiary/aromatic N) is 1. The number of carboxylic acids is 1. The number of thioether (sulfide) groups is 1. The van der Waals surface area contributed by atoms with Crippen LogP contribution in [0.15, 0.2) is 12.1 Å². The Morgan fingerprint density at radius 2 is 1.83 bits per heavy atom. The Morgan fingerprint density at radius 1 is 1.25 bits per heavy atom. The van der Waals surface area contributed by atoms with Gasteiger partial charge in [0.25, 0.3) is 0 Å². The lowest BCUT2D eigenvalue weighted by atomic mass is 9.92. The number of carbonyl (C=O) groups is 3. The molecule has 0 saturated heterocycles. The van der Waals surface area contributed by atoms with Gasteiger partial charge < -0.3 is 20.2 Å². The van der Waals surface area contributed by atoms with Crippen LogP contribution in [0.25, 0.3) is 0 Å². The van der Waals surface area contributed by atoms with Crippen molar-refractivity contribution in [1.82, 2.24) is 4.90 Å². The number of benzene rings is 1. The quantitative estimate of drug-likeness (QED) is 0.700. The van der Waals surface area contributed by atoms with Crippen molar-refractivity contribution in [2.24, 2.45) is 5.92 Å². The Kier molecular flexibility index (Phi) is 5.38. The molecule has 2 atom stereocenters. The van der Waals surface area contributed by atoms with Gasteiger partial charge in [0, 0.05) is 31.6 Å². The molecule has 1 amide bonds. The Bertz CT molecular complexity index is 689. The Balaban J connectivity index is 2.26. The van der Waals surface area contributed by atoms with E-state index in [4.69, 9.17) is 0 Å². The SMILES string of the molecule is CC(=O)SCC(C)C(=O)N1Cc2cc(O)c(O)cc2C[C@H]1C(=O)O. The van der Waals surface area contributed by atoms with Crippen LogP contribution in [-0.4, -0.2) is 49.0 Å². The largest absolute Gasteiger partial charge is 0.504 e. The lowest BCUT2D eigenvalue weighted by molar-refractivity contribution is -0.152. The molecule has 0 radical (unpaired) electrons. The van der Waals surface area contributed by atoms with Gasteiger partial charge in [0.15, 0.2) is 16.6 Å². The van der Waals surface area contributed by atoms with Crippen LogP contribution in [0.5, 0.6) is 11.5 Å². The Labute approximate surface area is 143 Å². The topological polar surface area (TPSA) is 115 Å². The lowest BCUT2D eigenvalue weighted by Crippen LogP contribution is -2.50. The Hall–Kier alpha value is -2.22. The van der Waals surface area contributed by atoms with Gasteiger partial charge in [-0.3, -0.25) is 9.59 Å². The first-order chi connectivity index (χ1) is 11.2. The van der Waals surface area contributed by atoms with E-state index in [0.29, 0.717) is 11.1 Å². The summed E-state index contributed by atoms with van der Waals surface area (Å²) >= 11 is 1.02. The predicted octanol–water partition coefficient (Wildman–Crippen LogP) is 1.35. The van der Waals surface area contributed by atoms with E-state index in [9.17, 15) is 29.7 Å². The van der Waals surface area contributed by atoms with E-state index in [-0.39, 0.29) is 41.2 Å². The van der Waals surface area contributed by atoms with E-state index in [1.165, 1.54) is 24.0 Å². The molecular weight excluding hydrogens is 334 g/mol. The number of rotatable bonds is 4. The molecule has 8 heteroatoms. The predicted molar refractivity (Wildman–Crippen MR) is 87.8 cm³/mol. The number of phenolic OH excluding ortho intramolecular Hbond substituents is 2. The van der Waals surface area contributed by atoms with Gasteiger partial charge in [-0.2, -0.15) is 0 Å². The van der Waals surface area contributed by atoms with Crippen molar-refractivity contribution in [3.8, 4) is 11.5 Å². The smallest absolute Gasteiger partial charge is 0.326 e. The highest BCUT2D eigenvalue weighted by Crippen LogP contribution is 2.34. The molecule has 0 saturated carbocycles. The van der Waals surface area contributed by atoms with Crippen LogP contribution in [0.2, 0.25) is 0 Å². The number of fused-ring (bicyclic) bond motifs is 1. The van der Waals surface area contributed by atoms with E-state index >= 15 is 0 Å². The van der Waals surface area contributed by atoms with Crippen LogP contribution in [0.4, 0.5) is 0 Å². The molecule has 1 heterocycles. The first kappa shape index (κ1) is 18.1. The van der Waals surface area contributed by atoms with Gasteiger partial charge >= 0.3 is 5.97 Å². The summed E-state index contributed by atoms with van der Waals surface area (Å²) in [5, 5.41) is 28.5. The van der Waals surface area contributed by atoms with Gasteiger partial charge in [-0.1, -0.05) is 18.7 Å². The van der Waals surface area contributed by atoms with Gasteiger partial charge in [0.1, 0.15) is 6.04 Å². The average Bonchev–Trinajstić information content (AvgIpc) is 2.51. The number of hydrogen-bond acceptors (Lipinski definition) is 6. The summed E-state index contributed by atoms with van der Waals surface area (Å²) in [7, 11) is 0. The zero-order valence-electron chi connectivity index (χ0n) is 13.4. The van der Waals surface area contributed by atoms with Crippen molar-refractivity contribution in [2.45, 2.75) is 32.9 Å². The van der Waals surface area contributed by atoms with Crippen LogP contribution in [0, 0.1) is 5.92 Å². The standard InChI is InChI=1S/C16H19NO6S/c1-8(7-24-9(2)18)15(21)17-6-11-5-14(20)13(19)4-10(11)3-12(17)16(22)23/h4-5,8,12,19-20H,3,6-7H2,1-2H3,(H,22,23)/t8?,12-/m0/s1. The molecule has 2 rings (SSSR count). The normalized spacial score (nSPS) is 17.9. The molecule has 7 nitrogen and oxygen atoms in total. The van der Waals surface area contributed by atoms with Gasteiger partial charge in [-0.15, -0.1) is 0 Å². The Morgan fingerprint density at radius 3 is 2.38 bits per heavy atom. The van der Waals surface area contributed by atoms with E-state index in [1.807, 2.05) is 0 Å². The summed E-state index contributed by atoms with van der Waals surface area (Å²) in [5.74, 6) is -2.33. The number of phenols is 2. The minimum absolute atomic E-state index is 0.0358. The van der Waals surface area contributed by atoms with Gasteiger partial charge in [-0.25, -0.2) is 4.79 Å².